The topological polar surface area (TPSA) is 38.1 Å². The molecule has 1 aromatic heterocycles. The summed E-state index contributed by atoms with van der Waals surface area (Å²) in [5, 5.41) is 4.39. The molecule has 1 amide bonds. The van der Waals surface area contributed by atoms with Gasteiger partial charge in [0, 0.05) is 25.7 Å². The van der Waals surface area contributed by atoms with Crippen molar-refractivity contribution in [2.75, 3.05) is 13.1 Å². The van der Waals surface area contributed by atoms with Gasteiger partial charge in [0.1, 0.15) is 0 Å². The van der Waals surface area contributed by atoms with Gasteiger partial charge in [-0.05, 0) is 24.7 Å². The second kappa shape index (κ2) is 7.65. The van der Waals surface area contributed by atoms with Gasteiger partial charge in [-0.15, -0.1) is 0 Å². The van der Waals surface area contributed by atoms with Crippen molar-refractivity contribution >= 4 is 5.91 Å². The van der Waals surface area contributed by atoms with Gasteiger partial charge in [-0.2, -0.15) is 5.10 Å². The number of benzene rings is 1. The van der Waals surface area contributed by atoms with Gasteiger partial charge in [0.05, 0.1) is 17.5 Å². The van der Waals surface area contributed by atoms with Crippen molar-refractivity contribution in [3.05, 3.63) is 42.1 Å². The van der Waals surface area contributed by atoms with E-state index in [1.165, 1.54) is 38.5 Å². The van der Waals surface area contributed by atoms with E-state index in [0.29, 0.717) is 5.92 Å². The van der Waals surface area contributed by atoms with Gasteiger partial charge in [0.15, 0.2) is 0 Å². The average Bonchev–Trinajstić information content (AvgIpc) is 3.10. The lowest BCUT2D eigenvalue weighted by Gasteiger charge is -2.38. The van der Waals surface area contributed by atoms with Crippen molar-refractivity contribution < 1.29 is 4.79 Å². The molecular formula is C22H29N3O. The molecule has 0 bridgehead atoms. The van der Waals surface area contributed by atoms with Gasteiger partial charge in [0.2, 0.25) is 0 Å². The Morgan fingerprint density at radius 2 is 1.73 bits per heavy atom. The lowest BCUT2D eigenvalue weighted by molar-refractivity contribution is 0.0601. The van der Waals surface area contributed by atoms with Crippen LogP contribution in [-0.4, -0.2) is 33.7 Å². The van der Waals surface area contributed by atoms with Crippen LogP contribution < -0.4 is 0 Å². The van der Waals surface area contributed by atoms with Crippen molar-refractivity contribution in [3.63, 3.8) is 0 Å². The second-order valence-electron chi connectivity index (χ2n) is 7.95. The maximum Gasteiger partial charge on any atom is 0.257 e. The molecule has 26 heavy (non-hydrogen) atoms. The second-order valence-corrected chi connectivity index (χ2v) is 7.95. The molecule has 138 valence electrons. The third-order valence-electron chi connectivity index (χ3n) is 6.28. The SMILES string of the molecule is Cn1ncc(C(=O)N2CCCC(C3CCCCC3)C2)c1-c1ccccc1. The number of aromatic nitrogens is 2. The fourth-order valence-electron chi connectivity index (χ4n) is 4.89. The molecule has 2 aliphatic rings. The predicted octanol–water partition coefficient (Wildman–Crippen LogP) is 4.52. The van der Waals surface area contributed by atoms with E-state index in [-0.39, 0.29) is 5.91 Å². The Bertz CT molecular complexity index is 746. The normalized spacial score (nSPS) is 21.7. The number of hydrogen-bond donors (Lipinski definition) is 0. The number of likely N-dealkylation sites (tertiary alicyclic amines) is 1. The van der Waals surface area contributed by atoms with E-state index < -0.39 is 0 Å². The van der Waals surface area contributed by atoms with Crippen LogP contribution in [0.3, 0.4) is 0 Å². The lowest BCUT2D eigenvalue weighted by atomic mass is 9.76. The van der Waals surface area contributed by atoms with E-state index >= 15 is 0 Å². The van der Waals surface area contributed by atoms with Crippen LogP contribution in [0.1, 0.15) is 55.3 Å². The molecule has 0 radical (unpaired) electrons. The molecule has 0 spiro atoms. The third-order valence-corrected chi connectivity index (χ3v) is 6.28. The number of amides is 1. The van der Waals surface area contributed by atoms with Crippen LogP contribution in [-0.2, 0) is 7.05 Å². The highest BCUT2D eigenvalue weighted by Crippen LogP contribution is 2.35. The Morgan fingerprint density at radius 1 is 1.00 bits per heavy atom. The summed E-state index contributed by atoms with van der Waals surface area (Å²) in [7, 11) is 1.92. The summed E-state index contributed by atoms with van der Waals surface area (Å²) in [5.41, 5.74) is 2.72. The van der Waals surface area contributed by atoms with E-state index in [2.05, 4.69) is 22.1 Å². The molecule has 1 aliphatic carbocycles. The van der Waals surface area contributed by atoms with Crippen LogP contribution in [0, 0.1) is 11.8 Å². The van der Waals surface area contributed by atoms with Gasteiger partial charge in [-0.1, -0.05) is 62.4 Å². The molecule has 1 atom stereocenters. The number of piperidine rings is 1. The van der Waals surface area contributed by atoms with Crippen LogP contribution in [0.15, 0.2) is 36.5 Å². The Labute approximate surface area is 156 Å². The Hall–Kier alpha value is -2.10. The van der Waals surface area contributed by atoms with Crippen molar-refractivity contribution in [3.8, 4) is 11.3 Å². The number of hydrogen-bond acceptors (Lipinski definition) is 2. The Balaban J connectivity index is 1.54. The van der Waals surface area contributed by atoms with Crippen molar-refractivity contribution in [2.24, 2.45) is 18.9 Å². The molecule has 4 rings (SSSR count). The summed E-state index contributed by atoms with van der Waals surface area (Å²) in [5.74, 6) is 1.66. The Kier molecular flexibility index (Phi) is 5.09. The third kappa shape index (κ3) is 3.42. The highest BCUT2D eigenvalue weighted by Gasteiger charge is 2.32. The van der Waals surface area contributed by atoms with E-state index in [1.807, 2.05) is 29.9 Å². The summed E-state index contributed by atoms with van der Waals surface area (Å²) in [6.07, 6.45) is 11.0. The van der Waals surface area contributed by atoms with Crippen molar-refractivity contribution in [2.45, 2.75) is 44.9 Å². The highest BCUT2D eigenvalue weighted by atomic mass is 16.2. The minimum atomic E-state index is 0.150. The van der Waals surface area contributed by atoms with E-state index in [0.717, 1.165) is 42.2 Å². The summed E-state index contributed by atoms with van der Waals surface area (Å²) in [6.45, 7) is 1.80. The first-order valence-corrected chi connectivity index (χ1v) is 10.1. The maximum absolute atomic E-state index is 13.3. The molecule has 2 aromatic rings. The lowest BCUT2D eigenvalue weighted by Crippen LogP contribution is -2.42. The van der Waals surface area contributed by atoms with Crippen molar-refractivity contribution in [1.29, 1.82) is 0 Å². The number of rotatable bonds is 3. The smallest absolute Gasteiger partial charge is 0.257 e. The summed E-state index contributed by atoms with van der Waals surface area (Å²) >= 11 is 0. The maximum atomic E-state index is 13.3. The summed E-state index contributed by atoms with van der Waals surface area (Å²) in [6, 6.07) is 10.1. The monoisotopic (exact) mass is 351 g/mol. The van der Waals surface area contributed by atoms with Crippen LogP contribution >= 0.6 is 0 Å². The van der Waals surface area contributed by atoms with Gasteiger partial charge in [-0.3, -0.25) is 9.48 Å². The first kappa shape index (κ1) is 17.3. The van der Waals surface area contributed by atoms with Gasteiger partial charge < -0.3 is 4.90 Å². The molecule has 1 aliphatic heterocycles. The largest absolute Gasteiger partial charge is 0.338 e. The van der Waals surface area contributed by atoms with Gasteiger partial charge in [0.25, 0.3) is 5.91 Å². The quantitative estimate of drug-likeness (QED) is 0.815. The highest BCUT2D eigenvalue weighted by molar-refractivity contribution is 6.00. The number of carbonyl (C=O) groups is 1. The molecule has 1 saturated carbocycles. The zero-order chi connectivity index (χ0) is 17.9. The predicted molar refractivity (Wildman–Crippen MR) is 104 cm³/mol. The minimum absolute atomic E-state index is 0.150. The average molecular weight is 351 g/mol. The molecule has 1 saturated heterocycles. The number of nitrogens with zero attached hydrogens (tertiary/aromatic N) is 3. The molecule has 4 nitrogen and oxygen atoms in total. The zero-order valence-corrected chi connectivity index (χ0v) is 15.7. The van der Waals surface area contributed by atoms with Gasteiger partial charge in [-0.25, -0.2) is 0 Å². The molecule has 1 aromatic carbocycles. The molecule has 2 heterocycles. The first-order valence-electron chi connectivity index (χ1n) is 10.1. The molecule has 2 fully saturated rings. The van der Waals surface area contributed by atoms with Crippen LogP contribution in [0.25, 0.3) is 11.3 Å². The van der Waals surface area contributed by atoms with Gasteiger partial charge >= 0.3 is 0 Å². The van der Waals surface area contributed by atoms with Crippen LogP contribution in [0.2, 0.25) is 0 Å². The van der Waals surface area contributed by atoms with Crippen LogP contribution in [0.4, 0.5) is 0 Å². The first-order chi connectivity index (χ1) is 12.7. The summed E-state index contributed by atoms with van der Waals surface area (Å²) in [4.78, 5) is 15.4. The fourth-order valence-corrected chi connectivity index (χ4v) is 4.89. The molecule has 0 N–H and O–H groups in total. The van der Waals surface area contributed by atoms with E-state index in [1.54, 1.807) is 6.20 Å². The minimum Gasteiger partial charge on any atom is -0.338 e. The van der Waals surface area contributed by atoms with Crippen molar-refractivity contribution in [1.82, 2.24) is 14.7 Å². The molecule has 1 unspecified atom stereocenters. The zero-order valence-electron chi connectivity index (χ0n) is 15.7. The number of aryl methyl sites for hydroxylation is 1. The van der Waals surface area contributed by atoms with E-state index in [4.69, 9.17) is 0 Å². The Morgan fingerprint density at radius 3 is 2.50 bits per heavy atom. The summed E-state index contributed by atoms with van der Waals surface area (Å²) < 4.78 is 1.82. The molecule has 4 heteroatoms. The number of carbonyl (C=O) groups excluding carboxylic acids is 1. The standard InChI is InChI=1S/C22H29N3O/c1-24-21(18-11-6-3-7-12-18)20(15-23-24)22(26)25-14-8-13-19(16-25)17-9-4-2-5-10-17/h3,6-7,11-12,15,17,19H,2,4-5,8-10,13-14,16H2,1H3. The molecular weight excluding hydrogens is 322 g/mol. The van der Waals surface area contributed by atoms with E-state index in [9.17, 15) is 4.79 Å². The fraction of sp³-hybridized carbons (Fsp3) is 0.545. The van der Waals surface area contributed by atoms with Crippen LogP contribution in [0.5, 0.6) is 0 Å².